The standard InChI is InChI=1S/C23H22ClN3OS/c1-3-16-13-29-23-26-21(18-6-4-5-11-25-18)22(27(16)23)20-10-9-19(28-20)15-8-7-14(2)17(24)12-15/h4-12,16,21-22H,3,13H2,1-2H3/t16-,21+,22+/m1/s1. The van der Waals surface area contributed by atoms with Crippen LogP contribution >= 0.6 is 23.4 Å². The van der Waals surface area contributed by atoms with Gasteiger partial charge in [0.15, 0.2) is 5.17 Å². The van der Waals surface area contributed by atoms with Gasteiger partial charge in [-0.25, -0.2) is 4.99 Å². The molecule has 148 valence electrons. The molecule has 0 radical (unpaired) electrons. The largest absolute Gasteiger partial charge is 0.459 e. The molecule has 1 aromatic carbocycles. The fourth-order valence-electron chi connectivity index (χ4n) is 4.07. The molecule has 2 aliphatic rings. The van der Waals surface area contributed by atoms with Crippen molar-refractivity contribution in [2.24, 2.45) is 4.99 Å². The van der Waals surface area contributed by atoms with Gasteiger partial charge in [-0.1, -0.05) is 48.5 Å². The summed E-state index contributed by atoms with van der Waals surface area (Å²) in [6.45, 7) is 4.24. The summed E-state index contributed by atoms with van der Waals surface area (Å²) >= 11 is 8.17. The molecule has 1 fully saturated rings. The average molecular weight is 424 g/mol. The molecule has 2 aromatic heterocycles. The quantitative estimate of drug-likeness (QED) is 0.495. The van der Waals surface area contributed by atoms with E-state index in [1.807, 2.05) is 55.2 Å². The molecule has 0 saturated carbocycles. The van der Waals surface area contributed by atoms with Gasteiger partial charge >= 0.3 is 0 Å². The summed E-state index contributed by atoms with van der Waals surface area (Å²) in [5.74, 6) is 2.82. The number of hydrogen-bond acceptors (Lipinski definition) is 5. The minimum Gasteiger partial charge on any atom is -0.459 e. The van der Waals surface area contributed by atoms with Crippen LogP contribution in [-0.2, 0) is 0 Å². The first kappa shape index (κ1) is 18.8. The number of pyridine rings is 1. The molecule has 0 aliphatic carbocycles. The van der Waals surface area contributed by atoms with Crippen molar-refractivity contribution < 1.29 is 4.42 Å². The summed E-state index contributed by atoms with van der Waals surface area (Å²) in [6.07, 6.45) is 2.92. The van der Waals surface area contributed by atoms with E-state index in [1.165, 1.54) is 0 Å². The molecule has 29 heavy (non-hydrogen) atoms. The molecule has 0 N–H and O–H groups in total. The van der Waals surface area contributed by atoms with E-state index < -0.39 is 0 Å². The van der Waals surface area contributed by atoms with Gasteiger partial charge in [0.1, 0.15) is 23.6 Å². The Bertz CT molecular complexity index is 1060. The Morgan fingerprint density at radius 1 is 1.21 bits per heavy atom. The van der Waals surface area contributed by atoms with E-state index in [4.69, 9.17) is 21.0 Å². The van der Waals surface area contributed by atoms with Crippen LogP contribution in [0.5, 0.6) is 0 Å². The second-order valence-electron chi connectivity index (χ2n) is 7.50. The fourth-order valence-corrected chi connectivity index (χ4v) is 5.59. The van der Waals surface area contributed by atoms with Gasteiger partial charge < -0.3 is 9.32 Å². The number of aliphatic imine (C=N–C) groups is 1. The minimum atomic E-state index is -0.0614. The summed E-state index contributed by atoms with van der Waals surface area (Å²) in [5.41, 5.74) is 3.03. The van der Waals surface area contributed by atoms with Crippen molar-refractivity contribution >= 4 is 28.5 Å². The molecule has 6 heteroatoms. The second-order valence-corrected chi connectivity index (χ2v) is 8.90. The molecular weight excluding hydrogens is 402 g/mol. The number of amidine groups is 1. The van der Waals surface area contributed by atoms with E-state index in [1.54, 1.807) is 0 Å². The van der Waals surface area contributed by atoms with Crippen molar-refractivity contribution in [3.8, 4) is 11.3 Å². The Kier molecular flexibility index (Phi) is 4.88. The summed E-state index contributed by atoms with van der Waals surface area (Å²) in [5, 5.41) is 1.86. The zero-order chi connectivity index (χ0) is 20.0. The van der Waals surface area contributed by atoms with Gasteiger partial charge in [0.2, 0.25) is 0 Å². The third-order valence-corrected chi connectivity index (χ3v) is 7.24. The van der Waals surface area contributed by atoms with Crippen molar-refractivity contribution in [2.45, 2.75) is 38.4 Å². The number of halogens is 1. The van der Waals surface area contributed by atoms with E-state index in [0.717, 1.165) is 50.7 Å². The van der Waals surface area contributed by atoms with Gasteiger partial charge in [0.25, 0.3) is 0 Å². The van der Waals surface area contributed by atoms with Gasteiger partial charge in [-0.2, -0.15) is 0 Å². The first-order valence-corrected chi connectivity index (χ1v) is 11.3. The lowest BCUT2D eigenvalue weighted by molar-refractivity contribution is 0.226. The van der Waals surface area contributed by atoms with Crippen molar-refractivity contribution in [1.82, 2.24) is 9.88 Å². The molecule has 5 rings (SSSR count). The highest BCUT2D eigenvalue weighted by molar-refractivity contribution is 8.14. The number of aromatic nitrogens is 1. The number of furan rings is 1. The topological polar surface area (TPSA) is 41.6 Å². The Hall–Kier alpha value is -2.24. The van der Waals surface area contributed by atoms with Crippen LogP contribution in [0.3, 0.4) is 0 Å². The zero-order valence-corrected chi connectivity index (χ0v) is 18.0. The van der Waals surface area contributed by atoms with Gasteiger partial charge in [-0.3, -0.25) is 4.98 Å². The lowest BCUT2D eigenvalue weighted by Crippen LogP contribution is -2.35. The van der Waals surface area contributed by atoms with Gasteiger partial charge in [0, 0.05) is 28.6 Å². The Morgan fingerprint density at radius 2 is 2.10 bits per heavy atom. The van der Waals surface area contributed by atoms with E-state index in [0.29, 0.717) is 6.04 Å². The number of benzene rings is 1. The highest BCUT2D eigenvalue weighted by Crippen LogP contribution is 2.49. The minimum absolute atomic E-state index is 0.0227. The molecule has 0 unspecified atom stereocenters. The highest BCUT2D eigenvalue weighted by Gasteiger charge is 2.46. The third-order valence-electron chi connectivity index (χ3n) is 5.70. The summed E-state index contributed by atoms with van der Waals surface area (Å²) < 4.78 is 6.39. The molecule has 0 bridgehead atoms. The second kappa shape index (κ2) is 7.54. The van der Waals surface area contributed by atoms with Crippen LogP contribution < -0.4 is 0 Å². The van der Waals surface area contributed by atoms with Gasteiger partial charge in [0.05, 0.1) is 5.69 Å². The van der Waals surface area contributed by atoms with Gasteiger partial charge in [-0.15, -0.1) is 0 Å². The van der Waals surface area contributed by atoms with E-state index in [-0.39, 0.29) is 12.1 Å². The maximum absolute atomic E-state index is 6.39. The lowest BCUT2D eigenvalue weighted by Gasteiger charge is -2.30. The first-order valence-electron chi connectivity index (χ1n) is 9.92. The van der Waals surface area contributed by atoms with Crippen LogP contribution in [0.2, 0.25) is 5.02 Å². The first-order chi connectivity index (χ1) is 14.2. The van der Waals surface area contributed by atoms with E-state index in [2.05, 4.69) is 35.0 Å². The number of nitrogens with zero attached hydrogens (tertiary/aromatic N) is 3. The predicted octanol–water partition coefficient (Wildman–Crippen LogP) is 6.28. The maximum Gasteiger partial charge on any atom is 0.161 e. The van der Waals surface area contributed by atoms with Crippen molar-refractivity contribution in [1.29, 1.82) is 0 Å². The summed E-state index contributed by atoms with van der Waals surface area (Å²) in [6, 6.07) is 16.6. The SMILES string of the molecule is CC[C@@H]1CSC2=N[C@@H](c3ccccn3)[C@H](c3ccc(-c4ccc(C)c(Cl)c4)o3)N21. The fraction of sp³-hybridized carbons (Fsp3) is 0.304. The molecule has 1 saturated heterocycles. The van der Waals surface area contributed by atoms with Crippen LogP contribution in [0.1, 0.15) is 42.4 Å². The van der Waals surface area contributed by atoms with Crippen molar-refractivity contribution in [3.05, 3.63) is 76.8 Å². The lowest BCUT2D eigenvalue weighted by atomic mass is 10.0. The highest BCUT2D eigenvalue weighted by atomic mass is 35.5. The molecule has 2 aliphatic heterocycles. The predicted molar refractivity (Wildman–Crippen MR) is 119 cm³/mol. The molecule has 3 atom stereocenters. The number of hydrogen-bond donors (Lipinski definition) is 0. The van der Waals surface area contributed by atoms with Crippen LogP contribution in [0.4, 0.5) is 0 Å². The zero-order valence-electron chi connectivity index (χ0n) is 16.4. The van der Waals surface area contributed by atoms with Crippen molar-refractivity contribution in [2.75, 3.05) is 5.75 Å². The normalized spacial score (nSPS) is 23.3. The maximum atomic E-state index is 6.39. The van der Waals surface area contributed by atoms with Crippen LogP contribution in [-0.4, -0.2) is 26.8 Å². The molecular formula is C23H22ClN3OS. The van der Waals surface area contributed by atoms with Crippen LogP contribution in [0.25, 0.3) is 11.3 Å². The number of thioether (sulfide) groups is 1. The number of fused-ring (bicyclic) bond motifs is 1. The molecule has 3 aromatic rings. The average Bonchev–Trinajstić information content (AvgIpc) is 3.45. The monoisotopic (exact) mass is 423 g/mol. The molecule has 4 heterocycles. The summed E-state index contributed by atoms with van der Waals surface area (Å²) in [4.78, 5) is 12.1. The van der Waals surface area contributed by atoms with E-state index in [9.17, 15) is 0 Å². The number of aryl methyl sites for hydroxylation is 1. The third kappa shape index (κ3) is 3.26. The van der Waals surface area contributed by atoms with Gasteiger partial charge in [-0.05, 0) is 49.2 Å². The smallest absolute Gasteiger partial charge is 0.161 e. The van der Waals surface area contributed by atoms with Crippen LogP contribution in [0, 0.1) is 6.92 Å². The Morgan fingerprint density at radius 3 is 2.86 bits per heavy atom. The molecule has 0 amide bonds. The molecule has 0 spiro atoms. The molecule has 4 nitrogen and oxygen atoms in total. The van der Waals surface area contributed by atoms with E-state index >= 15 is 0 Å². The van der Waals surface area contributed by atoms with Crippen molar-refractivity contribution in [3.63, 3.8) is 0 Å². The number of rotatable bonds is 4. The summed E-state index contributed by atoms with van der Waals surface area (Å²) in [7, 11) is 0. The Labute approximate surface area is 180 Å². The van der Waals surface area contributed by atoms with Crippen LogP contribution in [0.15, 0.2) is 64.1 Å². The Balaban J connectivity index is 1.55.